The van der Waals surface area contributed by atoms with E-state index in [4.69, 9.17) is 37.3 Å². The second-order valence-electron chi connectivity index (χ2n) is 15.8. The van der Waals surface area contributed by atoms with E-state index in [-0.39, 0.29) is 0 Å². The second kappa shape index (κ2) is 22.2. The summed E-state index contributed by atoms with van der Waals surface area (Å²) in [7, 11) is 4.27. The Hall–Kier alpha value is -6.85. The van der Waals surface area contributed by atoms with Crippen LogP contribution in [0.25, 0.3) is 45.1 Å². The highest BCUT2D eigenvalue weighted by Gasteiger charge is 2.20. The maximum absolute atomic E-state index is 6.30. The number of hydrogen-bond acceptors (Lipinski definition) is 16. The molecule has 0 unspecified atom stereocenters. The Morgan fingerprint density at radius 2 is 1.00 bits per heavy atom. The van der Waals surface area contributed by atoms with Crippen molar-refractivity contribution in [2.45, 2.75) is 12.8 Å². The summed E-state index contributed by atoms with van der Waals surface area (Å²) < 4.78 is 0. The number of pyridine rings is 2. The first-order valence-corrected chi connectivity index (χ1v) is 22.2. The van der Waals surface area contributed by atoms with E-state index in [1.54, 1.807) is 18.6 Å². The summed E-state index contributed by atoms with van der Waals surface area (Å²) in [6, 6.07) is 27.8. The molecule has 3 N–H and O–H groups in total. The molecule has 65 heavy (non-hydrogen) atoms. The number of nitrogens with zero attached hydrogens (tertiary/aromatic N) is 14. The van der Waals surface area contributed by atoms with E-state index >= 15 is 0 Å². The number of hydrogen-bond donors (Lipinski definition) is 2. The summed E-state index contributed by atoms with van der Waals surface area (Å²) in [4.78, 5) is 54.3. The van der Waals surface area contributed by atoms with Gasteiger partial charge in [0.15, 0.2) is 39.4 Å². The zero-order valence-electron chi connectivity index (χ0n) is 36.7. The maximum atomic E-state index is 6.30. The van der Waals surface area contributed by atoms with Crippen LogP contribution in [0.5, 0.6) is 0 Å². The summed E-state index contributed by atoms with van der Waals surface area (Å²) >= 11 is 6.30. The van der Waals surface area contributed by atoms with Crippen molar-refractivity contribution < 1.29 is 0 Å². The topological polar surface area (TPSA) is 180 Å². The van der Waals surface area contributed by atoms with Gasteiger partial charge in [-0.2, -0.15) is 0 Å². The van der Waals surface area contributed by atoms with Crippen molar-refractivity contribution >= 4 is 51.4 Å². The Kier molecular flexibility index (Phi) is 15.3. The molecule has 0 saturated carbocycles. The van der Waals surface area contributed by atoms with E-state index in [2.05, 4.69) is 68.9 Å². The Balaban J connectivity index is 0.000000153. The fourth-order valence-corrected chi connectivity index (χ4v) is 7.50. The van der Waals surface area contributed by atoms with Crippen LogP contribution >= 0.6 is 11.6 Å². The van der Waals surface area contributed by atoms with Gasteiger partial charge >= 0.3 is 0 Å². The Morgan fingerprint density at radius 3 is 1.51 bits per heavy atom. The van der Waals surface area contributed by atoms with Gasteiger partial charge in [-0.1, -0.05) is 72.3 Å². The minimum atomic E-state index is 0.330. The lowest BCUT2D eigenvalue weighted by Gasteiger charge is -2.32. The van der Waals surface area contributed by atoms with Gasteiger partial charge in [0.05, 0.1) is 12.4 Å². The molecular weight excluding hydrogens is 836 g/mol. The standard InChI is InChI=1S/C24H26N8.C17H17ClN6.C7H10N2/c1-31-13-15-32(16-14-31)20-17-27-21-23(26-12-9-18-7-10-25-11-8-18)29-22(30-24(21)28-20)19-5-3-2-4-6-19;1-23-7-9-24(10-8-23)13-11-19-14-15(18)21-16(22-17(14)20-13)12-5-3-2-4-6-12;8-4-1-7-2-5-9-6-3-7/h2-8,10-11,17H,9,12-16H2,1H3,(H,26,28,29,30);2-6,11H,7-10H2,1H3;2-3,5-6H,1,4,8H2. The number of nitrogens with one attached hydrogen (secondary N) is 1. The fraction of sp³-hybridized carbons (Fsp3) is 0.292. The number of nitrogens with two attached hydrogens (primary N) is 1. The Labute approximate surface area is 384 Å². The smallest absolute Gasteiger partial charge is 0.186 e. The van der Waals surface area contributed by atoms with Crippen LogP contribution in [-0.2, 0) is 12.8 Å². The van der Waals surface area contributed by atoms with Gasteiger partial charge in [-0.15, -0.1) is 0 Å². The van der Waals surface area contributed by atoms with E-state index in [1.807, 2.05) is 104 Å². The van der Waals surface area contributed by atoms with Gasteiger partial charge in [0.25, 0.3) is 0 Å². The predicted octanol–water partition coefficient (Wildman–Crippen LogP) is 5.96. The Bertz CT molecular complexity index is 2720. The molecule has 8 heterocycles. The van der Waals surface area contributed by atoms with Crippen LogP contribution in [0.3, 0.4) is 0 Å². The van der Waals surface area contributed by atoms with E-state index in [1.165, 1.54) is 11.1 Å². The number of aromatic nitrogens is 10. The van der Waals surface area contributed by atoms with Crippen molar-refractivity contribution in [3.05, 3.63) is 138 Å². The summed E-state index contributed by atoms with van der Waals surface area (Å²) in [5.74, 6) is 3.63. The van der Waals surface area contributed by atoms with E-state index < -0.39 is 0 Å². The van der Waals surface area contributed by atoms with Crippen molar-refractivity contribution in [1.82, 2.24) is 59.6 Å². The molecule has 0 atom stereocenters. The van der Waals surface area contributed by atoms with Crippen LogP contribution in [0.4, 0.5) is 17.5 Å². The molecule has 2 fully saturated rings. The van der Waals surface area contributed by atoms with Crippen LogP contribution in [0.1, 0.15) is 11.1 Å². The highest BCUT2D eigenvalue weighted by atomic mass is 35.5. The monoisotopic (exact) mass is 888 g/mol. The summed E-state index contributed by atoms with van der Waals surface area (Å²) in [5, 5.41) is 3.79. The molecule has 0 amide bonds. The minimum Gasteiger partial charge on any atom is -0.368 e. The van der Waals surface area contributed by atoms with Gasteiger partial charge in [0.1, 0.15) is 17.2 Å². The number of anilines is 3. The van der Waals surface area contributed by atoms with Gasteiger partial charge in [0, 0.05) is 94.8 Å². The van der Waals surface area contributed by atoms with Gasteiger partial charge in [0.2, 0.25) is 0 Å². The third kappa shape index (κ3) is 12.0. The van der Waals surface area contributed by atoms with Crippen LogP contribution in [0, 0.1) is 0 Å². The molecule has 2 aromatic carbocycles. The average molecular weight is 890 g/mol. The van der Waals surface area contributed by atoms with Gasteiger partial charge < -0.3 is 30.7 Å². The molecule has 10 rings (SSSR count). The lowest BCUT2D eigenvalue weighted by atomic mass is 10.2. The number of fused-ring (bicyclic) bond motifs is 2. The molecule has 2 aliphatic rings. The van der Waals surface area contributed by atoms with Crippen LogP contribution in [0.2, 0.25) is 5.15 Å². The predicted molar refractivity (Wildman–Crippen MR) is 259 cm³/mol. The molecule has 0 radical (unpaired) electrons. The van der Waals surface area contributed by atoms with E-state index in [9.17, 15) is 0 Å². The van der Waals surface area contributed by atoms with E-state index in [0.717, 1.165) is 94.5 Å². The molecule has 0 spiro atoms. The molecule has 332 valence electrons. The van der Waals surface area contributed by atoms with Crippen molar-refractivity contribution in [1.29, 1.82) is 0 Å². The highest BCUT2D eigenvalue weighted by molar-refractivity contribution is 6.33. The van der Waals surface area contributed by atoms with Crippen molar-refractivity contribution in [3.8, 4) is 22.8 Å². The molecule has 17 heteroatoms. The largest absolute Gasteiger partial charge is 0.368 e. The molecule has 0 bridgehead atoms. The van der Waals surface area contributed by atoms with Crippen LogP contribution < -0.4 is 20.9 Å². The summed E-state index contributed by atoms with van der Waals surface area (Å²) in [5.41, 5.74) is 12.1. The normalized spacial score (nSPS) is 14.3. The molecule has 2 aliphatic heterocycles. The molecule has 16 nitrogen and oxygen atoms in total. The number of benzene rings is 2. The van der Waals surface area contributed by atoms with Crippen molar-refractivity contribution in [3.63, 3.8) is 0 Å². The van der Waals surface area contributed by atoms with Crippen molar-refractivity contribution in [2.75, 3.05) is 94.7 Å². The van der Waals surface area contributed by atoms with Gasteiger partial charge in [-0.3, -0.25) is 9.97 Å². The van der Waals surface area contributed by atoms with Crippen molar-refractivity contribution in [2.24, 2.45) is 5.73 Å². The fourth-order valence-electron chi connectivity index (χ4n) is 7.29. The third-order valence-electron chi connectivity index (χ3n) is 11.1. The molecule has 8 aromatic rings. The maximum Gasteiger partial charge on any atom is 0.186 e. The second-order valence-corrected chi connectivity index (χ2v) is 16.1. The van der Waals surface area contributed by atoms with Crippen LogP contribution in [0.15, 0.2) is 122 Å². The third-order valence-corrected chi connectivity index (χ3v) is 11.4. The number of halogens is 1. The number of likely N-dealkylation sites (N-methyl/N-ethyl adjacent to an activating group) is 2. The first-order chi connectivity index (χ1) is 31.9. The molecular formula is C48H53ClN16. The first kappa shape index (κ1) is 44.7. The van der Waals surface area contributed by atoms with E-state index in [0.29, 0.717) is 51.5 Å². The summed E-state index contributed by atoms with van der Waals surface area (Å²) in [6.45, 7) is 9.23. The number of rotatable bonds is 10. The zero-order chi connectivity index (χ0) is 44.8. The highest BCUT2D eigenvalue weighted by Crippen LogP contribution is 2.26. The Morgan fingerprint density at radius 1 is 0.538 bits per heavy atom. The number of piperazine rings is 2. The van der Waals surface area contributed by atoms with Crippen LogP contribution in [-0.4, -0.2) is 139 Å². The lowest BCUT2D eigenvalue weighted by molar-refractivity contribution is 0.312. The molecule has 2 saturated heterocycles. The average Bonchev–Trinajstić information content (AvgIpc) is 3.36. The SMILES string of the molecule is CN1CCN(c2cnc3c(Cl)nc(-c4ccccc4)nc3n2)CC1.CN1CCN(c2cnc3c(NCCc4ccncc4)nc(-c4ccccc4)nc3n2)CC1.NCCc1ccncc1. The van der Waals surface area contributed by atoms with Gasteiger partial charge in [-0.05, 0) is 68.9 Å². The van der Waals surface area contributed by atoms with Gasteiger partial charge in [-0.25, -0.2) is 39.9 Å². The first-order valence-electron chi connectivity index (χ1n) is 21.8. The molecule has 6 aromatic heterocycles. The zero-order valence-corrected chi connectivity index (χ0v) is 37.5. The summed E-state index contributed by atoms with van der Waals surface area (Å²) in [6.07, 6.45) is 12.6. The minimum absolute atomic E-state index is 0.330. The molecule has 0 aliphatic carbocycles. The quantitative estimate of drug-likeness (QED) is 0.153. The lowest BCUT2D eigenvalue weighted by Crippen LogP contribution is -2.44.